The second-order valence-electron chi connectivity index (χ2n) is 9.10. The lowest BCUT2D eigenvalue weighted by atomic mass is 9.96. The maximum absolute atomic E-state index is 14.6. The van der Waals surface area contributed by atoms with Gasteiger partial charge in [0.2, 0.25) is 11.8 Å². The van der Waals surface area contributed by atoms with Crippen LogP contribution in [0, 0.1) is 0 Å². The molecule has 1 heterocycles. The second kappa shape index (κ2) is 12.0. The van der Waals surface area contributed by atoms with Crippen LogP contribution in [0.25, 0.3) is 5.70 Å². The van der Waals surface area contributed by atoms with Crippen LogP contribution in [0.2, 0.25) is 0 Å². The smallest absolute Gasteiger partial charge is 0.416 e. The average molecular weight is 504 g/mol. The Hall–Kier alpha value is -2.49. The molecule has 196 valence electrons. The van der Waals surface area contributed by atoms with Gasteiger partial charge >= 0.3 is 6.18 Å². The van der Waals surface area contributed by atoms with E-state index in [4.69, 9.17) is 4.74 Å². The van der Waals surface area contributed by atoms with Gasteiger partial charge < -0.3 is 15.4 Å². The van der Waals surface area contributed by atoms with Crippen LogP contribution in [0.1, 0.15) is 76.5 Å². The number of nitrogens with zero attached hydrogens (tertiary/aromatic N) is 1. The zero-order valence-electron chi connectivity index (χ0n) is 20.6. The van der Waals surface area contributed by atoms with Crippen molar-refractivity contribution < 1.29 is 31.5 Å². The van der Waals surface area contributed by atoms with E-state index in [0.29, 0.717) is 19.0 Å². The fourth-order valence-electron chi connectivity index (χ4n) is 3.60. The molecule has 0 saturated heterocycles. The van der Waals surface area contributed by atoms with E-state index >= 15 is 0 Å². The molecule has 1 aromatic rings. The Morgan fingerprint density at radius 2 is 1.74 bits per heavy atom. The zero-order valence-corrected chi connectivity index (χ0v) is 20.6. The number of amides is 1. The molecule has 0 saturated carbocycles. The molecular formula is C25H34F5N3O2. The predicted molar refractivity (Wildman–Crippen MR) is 126 cm³/mol. The van der Waals surface area contributed by atoms with Gasteiger partial charge in [0.05, 0.1) is 24.4 Å². The van der Waals surface area contributed by atoms with Gasteiger partial charge in [0.25, 0.3) is 5.92 Å². The van der Waals surface area contributed by atoms with Crippen LogP contribution in [-0.2, 0) is 21.6 Å². The van der Waals surface area contributed by atoms with E-state index < -0.39 is 35.2 Å². The van der Waals surface area contributed by atoms with Crippen molar-refractivity contribution in [2.45, 2.75) is 77.4 Å². The van der Waals surface area contributed by atoms with Crippen LogP contribution >= 0.6 is 0 Å². The number of nitrogens with one attached hydrogen (secondary N) is 2. The number of ether oxygens (including phenoxy) is 1. The number of hydrogen-bond acceptors (Lipinski definition) is 4. The van der Waals surface area contributed by atoms with E-state index in [1.54, 1.807) is 26.8 Å². The van der Waals surface area contributed by atoms with E-state index in [9.17, 15) is 26.7 Å². The van der Waals surface area contributed by atoms with Crippen LogP contribution in [0.3, 0.4) is 0 Å². The highest BCUT2D eigenvalue weighted by Gasteiger charge is 2.37. The Bertz CT molecular complexity index is 940. The average Bonchev–Trinajstić information content (AvgIpc) is 3.03. The molecule has 2 rings (SSSR count). The highest BCUT2D eigenvalue weighted by atomic mass is 19.4. The summed E-state index contributed by atoms with van der Waals surface area (Å²) < 4.78 is 75.6. The first-order valence-corrected chi connectivity index (χ1v) is 11.8. The summed E-state index contributed by atoms with van der Waals surface area (Å²) in [6, 6.07) is 2.35. The maximum atomic E-state index is 14.6. The fourth-order valence-corrected chi connectivity index (χ4v) is 3.60. The number of carbonyl (C=O) groups is 1. The number of benzene rings is 1. The largest absolute Gasteiger partial charge is 0.479 e. The molecule has 5 nitrogen and oxygen atoms in total. The Balaban J connectivity index is 2.40. The van der Waals surface area contributed by atoms with E-state index in [1.165, 1.54) is 0 Å². The molecule has 1 aromatic carbocycles. The molecule has 0 aliphatic carbocycles. The Morgan fingerprint density at radius 1 is 1.06 bits per heavy atom. The van der Waals surface area contributed by atoms with E-state index in [2.05, 4.69) is 15.6 Å². The van der Waals surface area contributed by atoms with Crippen LogP contribution < -0.4 is 10.6 Å². The van der Waals surface area contributed by atoms with Gasteiger partial charge in [0.1, 0.15) is 5.54 Å². The highest BCUT2D eigenvalue weighted by molar-refractivity contribution is 5.94. The molecular weight excluding hydrogens is 469 g/mol. The van der Waals surface area contributed by atoms with Gasteiger partial charge in [-0.1, -0.05) is 32.8 Å². The second-order valence-corrected chi connectivity index (χ2v) is 9.10. The summed E-state index contributed by atoms with van der Waals surface area (Å²) in [5, 5.41) is 5.83. The number of aliphatic imine (C=N–C) groups is 1. The van der Waals surface area contributed by atoms with Crippen LogP contribution in [0.4, 0.5) is 22.0 Å². The third-order valence-electron chi connectivity index (χ3n) is 5.44. The van der Waals surface area contributed by atoms with Crippen molar-refractivity contribution >= 4 is 17.5 Å². The Labute approximate surface area is 203 Å². The monoisotopic (exact) mass is 503 g/mol. The van der Waals surface area contributed by atoms with Crippen molar-refractivity contribution in [1.29, 1.82) is 0 Å². The van der Waals surface area contributed by atoms with Gasteiger partial charge in [-0.3, -0.25) is 4.79 Å². The van der Waals surface area contributed by atoms with Crippen molar-refractivity contribution in [3.8, 4) is 0 Å². The van der Waals surface area contributed by atoms with E-state index in [0.717, 1.165) is 25.0 Å². The van der Waals surface area contributed by atoms with E-state index in [-0.39, 0.29) is 42.6 Å². The lowest BCUT2D eigenvalue weighted by Gasteiger charge is -2.27. The number of unbranched alkanes of at least 4 members (excludes halogenated alkanes) is 1. The van der Waals surface area contributed by atoms with Crippen molar-refractivity contribution in [2.24, 2.45) is 4.99 Å². The summed E-state index contributed by atoms with van der Waals surface area (Å²) in [5.41, 5.74) is -2.96. The quantitative estimate of drug-likeness (QED) is 0.286. The molecule has 2 N–H and O–H groups in total. The molecule has 0 unspecified atom stereocenters. The summed E-state index contributed by atoms with van der Waals surface area (Å²) >= 11 is 0. The maximum Gasteiger partial charge on any atom is 0.416 e. The molecule has 35 heavy (non-hydrogen) atoms. The predicted octanol–water partition coefficient (Wildman–Crippen LogP) is 6.04. The number of rotatable bonds is 11. The summed E-state index contributed by atoms with van der Waals surface area (Å²) in [5.74, 6) is -3.63. The SMILES string of the molecule is CCCCNCC(=O)NC(C)(C)C1=NC(c2cc(C(F)(F)F)cc(C(F)(F)CCC)c2)=CCCO1. The topological polar surface area (TPSA) is 62.7 Å². The molecule has 0 bridgehead atoms. The summed E-state index contributed by atoms with van der Waals surface area (Å²) in [4.78, 5) is 16.7. The highest BCUT2D eigenvalue weighted by Crippen LogP contribution is 2.39. The molecule has 0 aromatic heterocycles. The summed E-state index contributed by atoms with van der Waals surface area (Å²) in [6.45, 7) is 7.85. The molecule has 1 amide bonds. The summed E-state index contributed by atoms with van der Waals surface area (Å²) in [6.07, 6.45) is -1.50. The summed E-state index contributed by atoms with van der Waals surface area (Å²) in [7, 11) is 0. The van der Waals surface area contributed by atoms with Crippen molar-refractivity contribution in [3.05, 3.63) is 41.0 Å². The number of carbonyl (C=O) groups excluding carboxylic acids is 1. The van der Waals surface area contributed by atoms with Crippen molar-refractivity contribution in [3.63, 3.8) is 0 Å². The number of halogens is 5. The van der Waals surface area contributed by atoms with Gasteiger partial charge in [-0.05, 0) is 45.0 Å². The van der Waals surface area contributed by atoms with Gasteiger partial charge in [0.15, 0.2) is 0 Å². The molecule has 0 atom stereocenters. The fraction of sp³-hybridized carbons (Fsp3) is 0.600. The van der Waals surface area contributed by atoms with Gasteiger partial charge in [-0.2, -0.15) is 13.2 Å². The lowest BCUT2D eigenvalue weighted by Crippen LogP contribution is -2.52. The zero-order chi connectivity index (χ0) is 26.3. The molecule has 1 aliphatic heterocycles. The van der Waals surface area contributed by atoms with Gasteiger partial charge in [0, 0.05) is 24.0 Å². The van der Waals surface area contributed by atoms with Crippen molar-refractivity contribution in [2.75, 3.05) is 19.7 Å². The minimum absolute atomic E-state index is 0.0838. The third-order valence-corrected chi connectivity index (χ3v) is 5.44. The van der Waals surface area contributed by atoms with Gasteiger partial charge in [-0.15, -0.1) is 0 Å². The first kappa shape index (κ1) is 28.7. The molecule has 0 radical (unpaired) electrons. The van der Waals surface area contributed by atoms with Gasteiger partial charge in [-0.25, -0.2) is 13.8 Å². The van der Waals surface area contributed by atoms with Crippen LogP contribution in [0.5, 0.6) is 0 Å². The molecule has 0 fully saturated rings. The number of alkyl halides is 5. The van der Waals surface area contributed by atoms with Crippen LogP contribution in [0.15, 0.2) is 29.3 Å². The minimum Gasteiger partial charge on any atom is -0.479 e. The van der Waals surface area contributed by atoms with Crippen LogP contribution in [-0.4, -0.2) is 37.0 Å². The normalized spacial score (nSPS) is 15.1. The van der Waals surface area contributed by atoms with Crippen molar-refractivity contribution in [1.82, 2.24) is 10.6 Å². The standard InChI is InChI=1S/C25H34F5N3O2/c1-5-7-11-31-16-21(34)33-23(3,4)22-32-20(9-8-12-35-22)17-13-18(24(26,27)10-6-2)15-19(14-17)25(28,29)30/h9,13-15,31H,5-8,10-12,16H2,1-4H3,(H,33,34). The Kier molecular flexibility index (Phi) is 9.83. The molecule has 0 spiro atoms. The minimum atomic E-state index is -4.81. The first-order chi connectivity index (χ1) is 16.3. The first-order valence-electron chi connectivity index (χ1n) is 11.8. The lowest BCUT2D eigenvalue weighted by molar-refractivity contribution is -0.137. The molecule has 1 aliphatic rings. The third kappa shape index (κ3) is 8.30. The van der Waals surface area contributed by atoms with E-state index in [1.807, 2.05) is 6.92 Å². The molecule has 10 heteroatoms. The number of hydrogen-bond donors (Lipinski definition) is 2. The Morgan fingerprint density at radius 3 is 2.37 bits per heavy atom.